The first-order valence-electron chi connectivity index (χ1n) is 11.7. The number of carbonyl (C=O) groups excluding carboxylic acids is 1. The van der Waals surface area contributed by atoms with Crippen LogP contribution in [0.25, 0.3) is 0 Å². The number of likely N-dealkylation sites (N-methyl/N-ethyl adjacent to an activating group) is 1. The Bertz CT molecular complexity index is 602. The Balaban J connectivity index is 1.64. The van der Waals surface area contributed by atoms with Gasteiger partial charge in [-0.25, -0.2) is 0 Å². The molecule has 1 amide bonds. The van der Waals surface area contributed by atoms with Crippen molar-refractivity contribution in [1.82, 2.24) is 10.4 Å². The molecule has 2 unspecified atom stereocenters. The van der Waals surface area contributed by atoms with Gasteiger partial charge in [0.05, 0.1) is 12.6 Å². The van der Waals surface area contributed by atoms with E-state index >= 15 is 0 Å². The molecular weight excluding hydrogens is 378 g/mol. The maximum absolute atomic E-state index is 12.6. The number of amides is 1. The first kappa shape index (κ1) is 24.6. The molecule has 170 valence electrons. The highest BCUT2D eigenvalue weighted by atomic mass is 16.5. The summed E-state index contributed by atoms with van der Waals surface area (Å²) in [6.07, 6.45) is 13.1. The lowest BCUT2D eigenvalue weighted by molar-refractivity contribution is -0.111. The Labute approximate surface area is 182 Å². The highest BCUT2D eigenvalue weighted by Gasteiger charge is 2.37. The first-order chi connectivity index (χ1) is 14.5. The number of nitrogens with one attached hydrogen (secondary N) is 1. The average molecular weight is 420 g/mol. The van der Waals surface area contributed by atoms with Crippen LogP contribution in [-0.4, -0.2) is 42.0 Å². The highest BCUT2D eigenvalue weighted by Crippen LogP contribution is 2.34. The van der Waals surface area contributed by atoms with E-state index < -0.39 is 6.17 Å². The second-order valence-corrected chi connectivity index (χ2v) is 8.60. The third-order valence-electron chi connectivity index (χ3n) is 5.86. The van der Waals surface area contributed by atoms with Crippen LogP contribution in [0.1, 0.15) is 87.9 Å². The zero-order chi connectivity index (χ0) is 21.8. The van der Waals surface area contributed by atoms with Crippen LogP contribution in [0.4, 0.5) is 0 Å². The fourth-order valence-corrected chi connectivity index (χ4v) is 3.71. The fourth-order valence-electron chi connectivity index (χ4n) is 3.71. The molecule has 6 nitrogen and oxygen atoms in total. The molecule has 1 fully saturated rings. The summed E-state index contributed by atoms with van der Waals surface area (Å²) in [6.45, 7) is 2.96. The van der Waals surface area contributed by atoms with Gasteiger partial charge in [0.2, 0.25) is 0 Å². The van der Waals surface area contributed by atoms with E-state index in [1.54, 1.807) is 12.1 Å². The second kappa shape index (κ2) is 13.6. The first-order valence-corrected chi connectivity index (χ1v) is 11.7. The van der Waals surface area contributed by atoms with E-state index in [1.807, 2.05) is 12.1 Å². The molecule has 1 aliphatic rings. The molecule has 0 spiro atoms. The number of ether oxygens (including phenoxy) is 1. The van der Waals surface area contributed by atoms with Crippen molar-refractivity contribution in [3.63, 3.8) is 0 Å². The summed E-state index contributed by atoms with van der Waals surface area (Å²) in [5.41, 5.74) is 6.59. The topological polar surface area (TPSA) is 87.8 Å². The summed E-state index contributed by atoms with van der Waals surface area (Å²) in [5, 5.41) is 13.6. The summed E-state index contributed by atoms with van der Waals surface area (Å²) >= 11 is 0. The number of carbonyl (C=O) groups is 1. The molecule has 0 radical (unpaired) electrons. The summed E-state index contributed by atoms with van der Waals surface area (Å²) in [4.78, 5) is 12.6. The van der Waals surface area contributed by atoms with Crippen molar-refractivity contribution in [3.05, 3.63) is 29.8 Å². The van der Waals surface area contributed by atoms with Gasteiger partial charge in [-0.3, -0.25) is 4.79 Å². The summed E-state index contributed by atoms with van der Waals surface area (Å²) in [5.74, 6) is 0.948. The largest absolute Gasteiger partial charge is 0.494 e. The Kier molecular flexibility index (Phi) is 11.2. The zero-order valence-electron chi connectivity index (χ0n) is 18.8. The SMILES string of the molecule is CCCCCCCCCCCOc1ccc(C(=O)NC(C2CC2)C(N)N(C)O)cc1. The number of unbranched alkanes of at least 4 members (excludes halogenated alkanes) is 8. The predicted molar refractivity (Wildman–Crippen MR) is 121 cm³/mol. The quantitative estimate of drug-likeness (QED) is 0.205. The summed E-state index contributed by atoms with van der Waals surface area (Å²) < 4.78 is 5.81. The minimum absolute atomic E-state index is 0.172. The molecule has 30 heavy (non-hydrogen) atoms. The predicted octanol–water partition coefficient (Wildman–Crippen LogP) is 4.71. The van der Waals surface area contributed by atoms with E-state index in [0.29, 0.717) is 18.1 Å². The molecule has 0 aromatic heterocycles. The standard InChI is InChI=1S/C24H41N3O3/c1-3-4-5-6-7-8-9-10-11-18-30-21-16-14-20(15-17-21)24(28)26-22(19-12-13-19)23(25)27(2)29/h14-17,19,22-23,29H,3-13,18,25H2,1-2H3,(H,26,28). The molecule has 1 aliphatic carbocycles. The van der Waals surface area contributed by atoms with Gasteiger partial charge in [-0.05, 0) is 49.4 Å². The number of hydrogen-bond donors (Lipinski definition) is 3. The summed E-state index contributed by atoms with van der Waals surface area (Å²) in [6, 6.07) is 6.98. The molecule has 1 aromatic carbocycles. The Hall–Kier alpha value is -1.63. The van der Waals surface area contributed by atoms with E-state index in [0.717, 1.165) is 30.1 Å². The van der Waals surface area contributed by atoms with Crippen LogP contribution in [0.2, 0.25) is 0 Å². The molecule has 2 rings (SSSR count). The van der Waals surface area contributed by atoms with Crippen molar-refractivity contribution in [2.45, 2.75) is 89.8 Å². The minimum atomic E-state index is -0.611. The van der Waals surface area contributed by atoms with Crippen LogP contribution in [0.5, 0.6) is 5.75 Å². The molecule has 0 aliphatic heterocycles. The van der Waals surface area contributed by atoms with E-state index in [2.05, 4.69) is 12.2 Å². The Morgan fingerprint density at radius 3 is 2.20 bits per heavy atom. The monoisotopic (exact) mass is 419 g/mol. The lowest BCUT2D eigenvalue weighted by Gasteiger charge is -2.28. The van der Waals surface area contributed by atoms with Gasteiger partial charge in [-0.1, -0.05) is 58.3 Å². The maximum Gasteiger partial charge on any atom is 0.251 e. The number of benzene rings is 1. The number of nitrogens with zero attached hydrogens (tertiary/aromatic N) is 1. The van der Waals surface area contributed by atoms with E-state index in [9.17, 15) is 10.0 Å². The molecule has 0 bridgehead atoms. The number of nitrogens with two attached hydrogens (primary N) is 1. The fraction of sp³-hybridized carbons (Fsp3) is 0.708. The van der Waals surface area contributed by atoms with Crippen LogP contribution in [-0.2, 0) is 0 Å². The van der Waals surface area contributed by atoms with Gasteiger partial charge in [-0.15, -0.1) is 0 Å². The van der Waals surface area contributed by atoms with Gasteiger partial charge in [-0.2, -0.15) is 5.06 Å². The molecular formula is C24H41N3O3. The van der Waals surface area contributed by atoms with Crippen LogP contribution in [0, 0.1) is 5.92 Å². The van der Waals surface area contributed by atoms with Gasteiger partial charge in [0, 0.05) is 12.6 Å². The molecule has 2 atom stereocenters. The third kappa shape index (κ3) is 9.02. The van der Waals surface area contributed by atoms with Gasteiger partial charge in [0.15, 0.2) is 0 Å². The second-order valence-electron chi connectivity index (χ2n) is 8.60. The zero-order valence-corrected chi connectivity index (χ0v) is 18.8. The van der Waals surface area contributed by atoms with Crippen molar-refractivity contribution in [2.75, 3.05) is 13.7 Å². The van der Waals surface area contributed by atoms with Gasteiger partial charge in [0.25, 0.3) is 5.91 Å². The van der Waals surface area contributed by atoms with Gasteiger partial charge < -0.3 is 21.0 Å². The van der Waals surface area contributed by atoms with Crippen LogP contribution in [0.15, 0.2) is 24.3 Å². The van der Waals surface area contributed by atoms with Crippen LogP contribution in [0.3, 0.4) is 0 Å². The molecule has 1 aromatic rings. The van der Waals surface area contributed by atoms with Crippen LogP contribution >= 0.6 is 0 Å². The van der Waals surface area contributed by atoms with E-state index in [-0.39, 0.29) is 11.9 Å². The van der Waals surface area contributed by atoms with Crippen molar-refractivity contribution in [3.8, 4) is 5.75 Å². The number of rotatable bonds is 16. The lowest BCUT2D eigenvalue weighted by atomic mass is 10.1. The molecule has 1 saturated carbocycles. The third-order valence-corrected chi connectivity index (χ3v) is 5.86. The highest BCUT2D eigenvalue weighted by molar-refractivity contribution is 5.94. The summed E-state index contributed by atoms with van der Waals surface area (Å²) in [7, 11) is 1.51. The minimum Gasteiger partial charge on any atom is -0.494 e. The van der Waals surface area contributed by atoms with Crippen molar-refractivity contribution >= 4 is 5.91 Å². The van der Waals surface area contributed by atoms with Crippen molar-refractivity contribution < 1.29 is 14.7 Å². The normalized spacial score (nSPS) is 15.8. The van der Waals surface area contributed by atoms with E-state index in [1.165, 1.54) is 58.4 Å². The molecule has 0 saturated heterocycles. The smallest absolute Gasteiger partial charge is 0.251 e. The molecule has 4 N–H and O–H groups in total. The lowest BCUT2D eigenvalue weighted by Crippen LogP contribution is -2.55. The van der Waals surface area contributed by atoms with Gasteiger partial charge >= 0.3 is 0 Å². The maximum atomic E-state index is 12.6. The average Bonchev–Trinajstić information content (AvgIpc) is 3.58. The Morgan fingerprint density at radius 1 is 1.10 bits per heavy atom. The van der Waals surface area contributed by atoms with Gasteiger partial charge in [0.1, 0.15) is 11.9 Å². The number of hydroxylamine groups is 2. The van der Waals surface area contributed by atoms with E-state index in [4.69, 9.17) is 10.5 Å². The van der Waals surface area contributed by atoms with Crippen molar-refractivity contribution in [2.24, 2.45) is 11.7 Å². The van der Waals surface area contributed by atoms with Crippen molar-refractivity contribution in [1.29, 1.82) is 0 Å². The molecule has 0 heterocycles. The molecule has 6 heteroatoms. The number of hydrogen-bond acceptors (Lipinski definition) is 5. The van der Waals surface area contributed by atoms with Crippen LogP contribution < -0.4 is 15.8 Å². The Morgan fingerprint density at radius 2 is 1.67 bits per heavy atom.